The molecule has 0 spiro atoms. The lowest BCUT2D eigenvalue weighted by molar-refractivity contribution is -0.00443. The largest absolute Gasteiger partial charge is 0.497 e. The van der Waals surface area contributed by atoms with Crippen molar-refractivity contribution in [1.82, 2.24) is 4.90 Å². The molecule has 0 radical (unpaired) electrons. The molecule has 1 saturated heterocycles. The van der Waals surface area contributed by atoms with Crippen molar-refractivity contribution < 1.29 is 23.8 Å². The number of nitrogens with zero attached hydrogens (tertiary/aromatic N) is 1. The van der Waals surface area contributed by atoms with Crippen LogP contribution in [0, 0.1) is 5.41 Å². The van der Waals surface area contributed by atoms with E-state index in [1.165, 1.54) is 0 Å². The molecule has 30 heavy (non-hydrogen) atoms. The van der Waals surface area contributed by atoms with Crippen LogP contribution in [0.2, 0.25) is 18.1 Å². The minimum absolute atomic E-state index is 0.0631. The molecule has 1 N–H and O–H groups in total. The van der Waals surface area contributed by atoms with Gasteiger partial charge in [0, 0.05) is 13.0 Å². The average Bonchev–Trinajstić information content (AvgIpc) is 2.98. The molecule has 0 aromatic heterocycles. The zero-order valence-corrected chi connectivity index (χ0v) is 21.0. The highest BCUT2D eigenvalue weighted by Crippen LogP contribution is 2.47. The monoisotopic (exact) mass is 437 g/mol. The van der Waals surface area contributed by atoms with Crippen LogP contribution in [0.5, 0.6) is 11.5 Å². The van der Waals surface area contributed by atoms with Gasteiger partial charge in [0.05, 0.1) is 18.8 Å². The third-order valence-electron chi connectivity index (χ3n) is 6.90. The van der Waals surface area contributed by atoms with Gasteiger partial charge in [-0.25, -0.2) is 4.79 Å². The highest BCUT2D eigenvalue weighted by molar-refractivity contribution is 6.74. The first-order valence-electron chi connectivity index (χ1n) is 10.6. The van der Waals surface area contributed by atoms with E-state index in [0.29, 0.717) is 18.7 Å². The summed E-state index contributed by atoms with van der Waals surface area (Å²) in [4.78, 5) is 13.8. The van der Waals surface area contributed by atoms with Gasteiger partial charge >= 0.3 is 6.09 Å². The van der Waals surface area contributed by atoms with Crippen molar-refractivity contribution in [3.05, 3.63) is 24.3 Å². The molecule has 0 saturated carbocycles. The number of ether oxygens (including phenoxy) is 2. The molecule has 1 heterocycles. The zero-order chi connectivity index (χ0) is 23.0. The van der Waals surface area contributed by atoms with E-state index in [9.17, 15) is 9.90 Å². The fraction of sp³-hybridized carbons (Fsp3) is 0.696. The molecule has 1 fully saturated rings. The van der Waals surface area contributed by atoms with Gasteiger partial charge in [-0.2, -0.15) is 0 Å². The lowest BCUT2D eigenvalue weighted by atomic mass is 9.72. The van der Waals surface area contributed by atoms with Crippen molar-refractivity contribution in [3.63, 3.8) is 0 Å². The van der Waals surface area contributed by atoms with Crippen LogP contribution in [0.15, 0.2) is 24.3 Å². The van der Waals surface area contributed by atoms with Gasteiger partial charge in [0.1, 0.15) is 18.1 Å². The third kappa shape index (κ3) is 4.94. The maximum atomic E-state index is 12.3. The molecule has 170 valence electrons. The molecule has 2 rings (SSSR count). The van der Waals surface area contributed by atoms with Gasteiger partial charge in [0.25, 0.3) is 0 Å². The first kappa shape index (κ1) is 24.5. The van der Waals surface area contributed by atoms with E-state index >= 15 is 0 Å². The van der Waals surface area contributed by atoms with Crippen molar-refractivity contribution in [3.8, 4) is 11.5 Å². The summed E-state index contributed by atoms with van der Waals surface area (Å²) >= 11 is 0. The van der Waals surface area contributed by atoms with Crippen LogP contribution >= 0.6 is 0 Å². The number of hydrogen-bond donors (Lipinski definition) is 1. The Labute approximate surface area is 182 Å². The van der Waals surface area contributed by atoms with Gasteiger partial charge in [-0.1, -0.05) is 41.5 Å². The van der Waals surface area contributed by atoms with Gasteiger partial charge in [0.2, 0.25) is 0 Å². The van der Waals surface area contributed by atoms with Gasteiger partial charge in [-0.15, -0.1) is 0 Å². The second-order valence-electron chi connectivity index (χ2n) is 10.8. The fourth-order valence-corrected chi connectivity index (χ4v) is 5.15. The molecule has 0 unspecified atom stereocenters. The van der Waals surface area contributed by atoms with E-state index in [0.717, 1.165) is 5.75 Å². The van der Waals surface area contributed by atoms with Crippen molar-refractivity contribution in [2.75, 3.05) is 20.3 Å². The second-order valence-corrected chi connectivity index (χ2v) is 15.6. The molecule has 0 aliphatic carbocycles. The molecule has 6 nitrogen and oxygen atoms in total. The zero-order valence-electron chi connectivity index (χ0n) is 20.0. The molecule has 1 aliphatic heterocycles. The Bertz CT molecular complexity index is 735. The number of likely N-dealkylation sites (tertiary alicyclic amines) is 1. The summed E-state index contributed by atoms with van der Waals surface area (Å²) in [5.41, 5.74) is -1.02. The predicted molar refractivity (Wildman–Crippen MR) is 122 cm³/mol. The number of amides is 1. The first-order chi connectivity index (χ1) is 13.6. The Kier molecular flexibility index (Phi) is 6.89. The molecule has 1 aromatic rings. The first-order valence-corrected chi connectivity index (χ1v) is 13.5. The van der Waals surface area contributed by atoms with Crippen molar-refractivity contribution in [2.24, 2.45) is 5.41 Å². The van der Waals surface area contributed by atoms with E-state index < -0.39 is 19.9 Å². The molecule has 1 amide bonds. The van der Waals surface area contributed by atoms with E-state index in [1.807, 2.05) is 24.3 Å². The predicted octanol–water partition coefficient (Wildman–Crippen LogP) is 5.63. The number of carbonyl (C=O) groups is 1. The Morgan fingerprint density at radius 1 is 1.13 bits per heavy atom. The summed E-state index contributed by atoms with van der Waals surface area (Å²) in [5, 5.41) is 10.1. The molecule has 2 atom stereocenters. The molecule has 1 aliphatic rings. The SMILES string of the molecule is COc1ccc(OC[C@]2(C(C)(C)C)C[C@H](O[Si](C)(C)C(C)(C)C)CN2C(=O)O)cc1. The number of benzene rings is 1. The van der Waals surface area contributed by atoms with Gasteiger partial charge in [-0.3, -0.25) is 4.90 Å². The number of methoxy groups -OCH3 is 1. The van der Waals surface area contributed by atoms with Gasteiger partial charge in [-0.05, 0) is 47.8 Å². The van der Waals surface area contributed by atoms with E-state index in [4.69, 9.17) is 13.9 Å². The minimum Gasteiger partial charge on any atom is -0.497 e. The van der Waals surface area contributed by atoms with Crippen LogP contribution in [0.4, 0.5) is 4.79 Å². The Hall–Kier alpha value is -1.73. The lowest BCUT2D eigenvalue weighted by Crippen LogP contribution is -2.58. The van der Waals surface area contributed by atoms with Crippen LogP contribution in [0.3, 0.4) is 0 Å². The summed E-state index contributed by atoms with van der Waals surface area (Å²) in [5.74, 6) is 1.45. The number of hydrogen-bond acceptors (Lipinski definition) is 4. The Balaban J connectivity index is 2.31. The number of rotatable bonds is 6. The van der Waals surface area contributed by atoms with Gasteiger partial charge < -0.3 is 19.0 Å². The highest BCUT2D eigenvalue weighted by atomic mass is 28.4. The lowest BCUT2D eigenvalue weighted by Gasteiger charge is -2.46. The summed E-state index contributed by atoms with van der Waals surface area (Å²) in [6.45, 7) is 17.9. The van der Waals surface area contributed by atoms with Crippen molar-refractivity contribution in [2.45, 2.75) is 77.7 Å². The van der Waals surface area contributed by atoms with Gasteiger partial charge in [0.15, 0.2) is 8.32 Å². The van der Waals surface area contributed by atoms with Crippen LogP contribution in [-0.2, 0) is 4.43 Å². The Morgan fingerprint density at radius 2 is 1.67 bits per heavy atom. The van der Waals surface area contributed by atoms with Crippen LogP contribution in [0.1, 0.15) is 48.0 Å². The van der Waals surface area contributed by atoms with E-state index in [2.05, 4.69) is 54.6 Å². The molecule has 0 bridgehead atoms. The smallest absolute Gasteiger partial charge is 0.407 e. The van der Waals surface area contributed by atoms with Crippen LogP contribution < -0.4 is 9.47 Å². The second kappa shape index (κ2) is 8.42. The van der Waals surface area contributed by atoms with Crippen LogP contribution in [-0.4, -0.2) is 56.3 Å². The molecular weight excluding hydrogens is 398 g/mol. The fourth-order valence-electron chi connectivity index (χ4n) is 3.80. The topological polar surface area (TPSA) is 68.2 Å². The number of carboxylic acid groups (broad SMARTS) is 1. The summed E-state index contributed by atoms with van der Waals surface area (Å²) < 4.78 is 18.0. The molecule has 7 heteroatoms. The van der Waals surface area contributed by atoms with Crippen molar-refractivity contribution in [1.29, 1.82) is 0 Å². The maximum absolute atomic E-state index is 12.3. The Morgan fingerprint density at radius 3 is 2.10 bits per heavy atom. The van der Waals surface area contributed by atoms with Crippen LogP contribution in [0.25, 0.3) is 0 Å². The third-order valence-corrected chi connectivity index (χ3v) is 11.4. The summed E-state index contributed by atoms with van der Waals surface area (Å²) in [6.07, 6.45) is -0.448. The highest BCUT2D eigenvalue weighted by Gasteiger charge is 2.57. The quantitative estimate of drug-likeness (QED) is 0.584. The minimum atomic E-state index is -2.03. The molecule has 1 aromatic carbocycles. The molecular formula is C23H39NO5Si. The van der Waals surface area contributed by atoms with E-state index in [-0.39, 0.29) is 23.2 Å². The normalized spacial score (nSPS) is 22.8. The van der Waals surface area contributed by atoms with Crippen molar-refractivity contribution >= 4 is 14.4 Å². The average molecular weight is 438 g/mol. The summed E-state index contributed by atoms with van der Waals surface area (Å²) in [7, 11) is -0.406. The summed E-state index contributed by atoms with van der Waals surface area (Å²) in [6, 6.07) is 7.37. The maximum Gasteiger partial charge on any atom is 0.407 e. The van der Waals surface area contributed by atoms with E-state index in [1.54, 1.807) is 12.0 Å². The standard InChI is InChI=1S/C23H39NO5Si/c1-21(2,3)23(16-28-18-12-10-17(27-7)11-13-18)14-19(15-24(23)20(25)26)29-30(8,9)22(4,5)6/h10-13,19H,14-16H2,1-9H3,(H,25,26)/t19-,23-/m0/s1.